The summed E-state index contributed by atoms with van der Waals surface area (Å²) in [6.07, 6.45) is 2.46. The van der Waals surface area contributed by atoms with Crippen LogP contribution in [0.3, 0.4) is 0 Å². The van der Waals surface area contributed by atoms with Gasteiger partial charge in [0, 0.05) is 12.8 Å². The lowest BCUT2D eigenvalue weighted by atomic mass is 9.94. The maximum Gasteiger partial charge on any atom is 0.174 e. The molecule has 2 aromatic rings. The first kappa shape index (κ1) is 11.1. The van der Waals surface area contributed by atoms with Gasteiger partial charge in [0.15, 0.2) is 5.79 Å². The summed E-state index contributed by atoms with van der Waals surface area (Å²) in [6.45, 7) is 1.37. The molecular weight excluding hydrogens is 242 g/mol. The summed E-state index contributed by atoms with van der Waals surface area (Å²) >= 11 is 0. The number of rotatable bonds is 1. The van der Waals surface area contributed by atoms with Gasteiger partial charge in [0.2, 0.25) is 0 Å². The van der Waals surface area contributed by atoms with Crippen LogP contribution in [0.25, 0.3) is 5.69 Å². The van der Waals surface area contributed by atoms with Crippen molar-refractivity contribution in [2.24, 2.45) is 0 Å². The largest absolute Gasteiger partial charge is 0.347 e. The number of aryl methyl sites for hydroxylation is 1. The molecular formula is C14H15N3O2. The molecule has 0 unspecified atom stereocenters. The topological polar surface area (TPSA) is 49.2 Å². The fourth-order valence-electron chi connectivity index (χ4n) is 2.88. The second kappa shape index (κ2) is 4.15. The van der Waals surface area contributed by atoms with E-state index in [0.717, 1.165) is 36.3 Å². The summed E-state index contributed by atoms with van der Waals surface area (Å²) in [5.41, 5.74) is 3.21. The Kier molecular flexibility index (Phi) is 2.43. The summed E-state index contributed by atoms with van der Waals surface area (Å²) in [5.74, 6) is -0.443. The number of benzene rings is 1. The van der Waals surface area contributed by atoms with E-state index in [1.807, 2.05) is 35.0 Å². The predicted molar refractivity (Wildman–Crippen MR) is 68.0 cm³/mol. The monoisotopic (exact) mass is 257 g/mol. The van der Waals surface area contributed by atoms with Gasteiger partial charge in [-0.1, -0.05) is 23.4 Å². The van der Waals surface area contributed by atoms with Crippen molar-refractivity contribution in [3.8, 4) is 5.69 Å². The molecule has 1 aliphatic carbocycles. The summed E-state index contributed by atoms with van der Waals surface area (Å²) in [6, 6.07) is 10.1. The molecule has 1 aliphatic heterocycles. The van der Waals surface area contributed by atoms with E-state index in [-0.39, 0.29) is 0 Å². The Morgan fingerprint density at radius 3 is 2.68 bits per heavy atom. The molecule has 1 aromatic carbocycles. The van der Waals surface area contributed by atoms with Gasteiger partial charge in [-0.05, 0) is 18.6 Å². The van der Waals surface area contributed by atoms with Crippen LogP contribution < -0.4 is 0 Å². The number of fused-ring (bicyclic) bond motifs is 1. The van der Waals surface area contributed by atoms with Crippen molar-refractivity contribution in [3.63, 3.8) is 0 Å². The second-order valence-corrected chi connectivity index (χ2v) is 5.01. The van der Waals surface area contributed by atoms with Crippen molar-refractivity contribution in [2.75, 3.05) is 13.2 Å². The molecule has 0 atom stereocenters. The van der Waals surface area contributed by atoms with Crippen LogP contribution in [0, 0.1) is 0 Å². The van der Waals surface area contributed by atoms with Crippen molar-refractivity contribution in [3.05, 3.63) is 41.7 Å². The Balaban J connectivity index is 1.75. The van der Waals surface area contributed by atoms with Crippen molar-refractivity contribution < 1.29 is 9.47 Å². The van der Waals surface area contributed by atoms with Crippen LogP contribution in [0.15, 0.2) is 30.3 Å². The van der Waals surface area contributed by atoms with E-state index in [1.165, 1.54) is 0 Å². The number of aromatic nitrogens is 3. The summed E-state index contributed by atoms with van der Waals surface area (Å²) in [4.78, 5) is 0. The first-order chi connectivity index (χ1) is 9.36. The van der Waals surface area contributed by atoms with Gasteiger partial charge in [-0.25, -0.2) is 4.68 Å². The number of para-hydroxylation sites is 1. The summed E-state index contributed by atoms with van der Waals surface area (Å²) in [7, 11) is 0. The standard InChI is InChI=1S/C14H15N3O2/c1-2-4-11(5-3-1)17-13-10-14(18-8-9-19-14)7-6-12(13)15-16-17/h1-5H,6-10H2. The van der Waals surface area contributed by atoms with Crippen LogP contribution in [0.4, 0.5) is 0 Å². The highest BCUT2D eigenvalue weighted by molar-refractivity contribution is 5.34. The maximum absolute atomic E-state index is 5.81. The van der Waals surface area contributed by atoms with E-state index >= 15 is 0 Å². The highest BCUT2D eigenvalue weighted by atomic mass is 16.7. The molecule has 5 heteroatoms. The van der Waals surface area contributed by atoms with E-state index in [0.29, 0.717) is 13.2 Å². The molecule has 0 saturated carbocycles. The molecule has 2 heterocycles. The molecule has 0 amide bonds. The van der Waals surface area contributed by atoms with E-state index in [2.05, 4.69) is 10.3 Å². The Morgan fingerprint density at radius 1 is 1.11 bits per heavy atom. The van der Waals surface area contributed by atoms with Crippen LogP contribution in [0.5, 0.6) is 0 Å². The Morgan fingerprint density at radius 2 is 1.89 bits per heavy atom. The number of hydrogen-bond donors (Lipinski definition) is 0. The normalized spacial score (nSPS) is 20.6. The van der Waals surface area contributed by atoms with Crippen molar-refractivity contribution in [2.45, 2.75) is 25.0 Å². The lowest BCUT2D eigenvalue weighted by molar-refractivity contribution is -0.164. The molecule has 2 aliphatic rings. The van der Waals surface area contributed by atoms with Crippen LogP contribution in [-0.2, 0) is 22.3 Å². The molecule has 98 valence electrons. The van der Waals surface area contributed by atoms with Gasteiger partial charge in [-0.2, -0.15) is 0 Å². The number of ether oxygens (including phenoxy) is 2. The zero-order chi connectivity index (χ0) is 12.7. The minimum atomic E-state index is -0.443. The average Bonchev–Trinajstić information content (AvgIpc) is 3.07. The Bertz CT molecular complexity index is 588. The summed E-state index contributed by atoms with van der Waals surface area (Å²) in [5, 5.41) is 8.57. The quantitative estimate of drug-likeness (QED) is 0.777. The molecule has 1 aromatic heterocycles. The van der Waals surface area contributed by atoms with Crippen LogP contribution in [0.2, 0.25) is 0 Å². The average molecular weight is 257 g/mol. The first-order valence-electron chi connectivity index (χ1n) is 6.63. The van der Waals surface area contributed by atoms with Crippen LogP contribution >= 0.6 is 0 Å². The molecule has 1 saturated heterocycles. The van der Waals surface area contributed by atoms with Crippen molar-refractivity contribution in [1.29, 1.82) is 0 Å². The van der Waals surface area contributed by atoms with Crippen molar-refractivity contribution >= 4 is 0 Å². The minimum absolute atomic E-state index is 0.443. The molecule has 1 fully saturated rings. The summed E-state index contributed by atoms with van der Waals surface area (Å²) < 4.78 is 13.5. The van der Waals surface area contributed by atoms with E-state index in [9.17, 15) is 0 Å². The predicted octanol–water partition coefficient (Wildman–Crippen LogP) is 1.50. The number of hydrogen-bond acceptors (Lipinski definition) is 4. The molecule has 1 spiro atoms. The van der Waals surface area contributed by atoms with E-state index in [1.54, 1.807) is 0 Å². The van der Waals surface area contributed by atoms with Gasteiger partial charge in [0.25, 0.3) is 0 Å². The van der Waals surface area contributed by atoms with Gasteiger partial charge < -0.3 is 9.47 Å². The van der Waals surface area contributed by atoms with Gasteiger partial charge in [0.05, 0.1) is 30.3 Å². The first-order valence-corrected chi connectivity index (χ1v) is 6.63. The Labute approximate surface area is 111 Å². The lowest BCUT2D eigenvalue weighted by Crippen LogP contribution is -2.37. The maximum atomic E-state index is 5.81. The highest BCUT2D eigenvalue weighted by Crippen LogP contribution is 2.35. The lowest BCUT2D eigenvalue weighted by Gasteiger charge is -2.30. The molecule has 0 N–H and O–H groups in total. The third kappa shape index (κ3) is 1.77. The molecule has 5 nitrogen and oxygen atoms in total. The fraction of sp³-hybridized carbons (Fsp3) is 0.429. The Hall–Kier alpha value is -1.72. The van der Waals surface area contributed by atoms with Gasteiger partial charge in [-0.15, -0.1) is 5.10 Å². The SMILES string of the molecule is c1ccc(-n2nnc3c2CC2(CC3)OCCO2)cc1. The van der Waals surface area contributed by atoms with Gasteiger partial charge >= 0.3 is 0 Å². The second-order valence-electron chi connectivity index (χ2n) is 5.01. The molecule has 0 radical (unpaired) electrons. The van der Waals surface area contributed by atoms with E-state index < -0.39 is 5.79 Å². The van der Waals surface area contributed by atoms with Gasteiger partial charge in [0.1, 0.15) is 0 Å². The van der Waals surface area contributed by atoms with E-state index in [4.69, 9.17) is 9.47 Å². The van der Waals surface area contributed by atoms with Crippen LogP contribution in [0.1, 0.15) is 17.8 Å². The smallest absolute Gasteiger partial charge is 0.174 e. The minimum Gasteiger partial charge on any atom is -0.347 e. The number of nitrogens with zero attached hydrogens (tertiary/aromatic N) is 3. The van der Waals surface area contributed by atoms with Gasteiger partial charge in [-0.3, -0.25) is 0 Å². The highest BCUT2D eigenvalue weighted by Gasteiger charge is 2.42. The molecule has 0 bridgehead atoms. The fourth-order valence-corrected chi connectivity index (χ4v) is 2.88. The van der Waals surface area contributed by atoms with Crippen LogP contribution in [-0.4, -0.2) is 34.0 Å². The molecule has 19 heavy (non-hydrogen) atoms. The molecule has 4 rings (SSSR count). The zero-order valence-electron chi connectivity index (χ0n) is 10.6. The third-order valence-corrected chi connectivity index (χ3v) is 3.84. The van der Waals surface area contributed by atoms with Crippen molar-refractivity contribution in [1.82, 2.24) is 15.0 Å². The third-order valence-electron chi connectivity index (χ3n) is 3.84. The zero-order valence-corrected chi connectivity index (χ0v) is 10.6.